The van der Waals surface area contributed by atoms with Crippen LogP contribution in [0.3, 0.4) is 0 Å². The molecule has 4 nitrogen and oxygen atoms in total. The van der Waals surface area contributed by atoms with Crippen LogP contribution in [0.15, 0.2) is 42.5 Å². The largest absolute Gasteiger partial charge is 0.508 e. The number of carbonyl (C=O) groups is 1. The van der Waals surface area contributed by atoms with E-state index in [1.54, 1.807) is 36.4 Å². The molecule has 5 heteroatoms. The molecule has 3 N–H and O–H groups in total. The quantitative estimate of drug-likeness (QED) is 0.753. The molecule has 0 aromatic heterocycles. The number of amides is 2. The molecule has 1 aliphatic heterocycles. The van der Waals surface area contributed by atoms with Crippen molar-refractivity contribution in [2.75, 3.05) is 5.32 Å². The fourth-order valence-corrected chi connectivity index (χ4v) is 2.68. The molecule has 102 valence electrons. The van der Waals surface area contributed by atoms with Gasteiger partial charge >= 0.3 is 6.03 Å². The van der Waals surface area contributed by atoms with Crippen LogP contribution >= 0.6 is 11.6 Å². The number of hydrogen-bond donors (Lipinski definition) is 3. The normalized spacial score (nSPS) is 20.8. The Bertz CT molecular complexity index is 685. The first-order valence-electron chi connectivity index (χ1n) is 6.18. The lowest BCUT2D eigenvalue weighted by atomic mass is 9.82. The number of phenolic OH excluding ortho intramolecular Hbond substituents is 1. The molecule has 1 atom stereocenters. The molecule has 2 amide bonds. The van der Waals surface area contributed by atoms with Gasteiger partial charge in [0, 0.05) is 16.3 Å². The van der Waals surface area contributed by atoms with Crippen LogP contribution in [0, 0.1) is 0 Å². The Balaban J connectivity index is 2.20. The van der Waals surface area contributed by atoms with Crippen molar-refractivity contribution in [3.8, 4) is 5.75 Å². The minimum absolute atomic E-state index is 0.184. The number of anilines is 1. The summed E-state index contributed by atoms with van der Waals surface area (Å²) < 4.78 is 0. The number of nitrogens with one attached hydrogen (secondary N) is 2. The first-order valence-corrected chi connectivity index (χ1v) is 6.55. The standard InChI is InChI=1S/C15H13ClN2O2/c1-15(9-2-5-11(19)6-3-9)12-8-10(16)4-7-13(12)17-14(20)18-15/h2-8,19H,1H3,(H2,17,18,20)/t15-/m1/s1. The fourth-order valence-electron chi connectivity index (χ4n) is 2.51. The lowest BCUT2D eigenvalue weighted by Crippen LogP contribution is -2.50. The Kier molecular flexibility index (Phi) is 2.83. The van der Waals surface area contributed by atoms with Gasteiger partial charge in [0.2, 0.25) is 0 Å². The molecule has 0 spiro atoms. The Morgan fingerprint density at radius 2 is 1.85 bits per heavy atom. The molecule has 0 bridgehead atoms. The van der Waals surface area contributed by atoms with Crippen LogP contribution in [0.5, 0.6) is 5.75 Å². The van der Waals surface area contributed by atoms with E-state index in [1.165, 1.54) is 0 Å². The maximum Gasteiger partial charge on any atom is 0.320 e. The van der Waals surface area contributed by atoms with Crippen molar-refractivity contribution >= 4 is 23.3 Å². The Labute approximate surface area is 121 Å². The van der Waals surface area contributed by atoms with Crippen LogP contribution in [-0.4, -0.2) is 11.1 Å². The van der Waals surface area contributed by atoms with Crippen LogP contribution in [-0.2, 0) is 5.54 Å². The molecule has 3 rings (SSSR count). The van der Waals surface area contributed by atoms with Crippen LogP contribution in [0.1, 0.15) is 18.1 Å². The zero-order valence-corrected chi connectivity index (χ0v) is 11.5. The molecule has 0 unspecified atom stereocenters. The summed E-state index contributed by atoms with van der Waals surface area (Å²) in [6, 6.07) is 11.8. The number of fused-ring (bicyclic) bond motifs is 1. The third-order valence-electron chi connectivity index (χ3n) is 3.58. The zero-order valence-electron chi connectivity index (χ0n) is 10.8. The molecule has 20 heavy (non-hydrogen) atoms. The Hall–Kier alpha value is -2.20. The number of halogens is 1. The van der Waals surface area contributed by atoms with Gasteiger partial charge < -0.3 is 15.7 Å². The van der Waals surface area contributed by atoms with Crippen LogP contribution < -0.4 is 10.6 Å². The number of phenols is 1. The second kappa shape index (κ2) is 4.42. The first-order chi connectivity index (χ1) is 9.49. The summed E-state index contributed by atoms with van der Waals surface area (Å²) >= 11 is 6.07. The Morgan fingerprint density at radius 3 is 2.55 bits per heavy atom. The highest BCUT2D eigenvalue weighted by Gasteiger charge is 2.37. The second-order valence-electron chi connectivity index (χ2n) is 4.94. The predicted molar refractivity (Wildman–Crippen MR) is 78.2 cm³/mol. The highest BCUT2D eigenvalue weighted by Crippen LogP contribution is 2.38. The van der Waals surface area contributed by atoms with E-state index in [9.17, 15) is 9.90 Å². The molecule has 0 radical (unpaired) electrons. The van der Waals surface area contributed by atoms with E-state index in [1.807, 2.05) is 13.0 Å². The van der Waals surface area contributed by atoms with Crippen LogP contribution in [0.2, 0.25) is 5.02 Å². The van der Waals surface area contributed by atoms with E-state index < -0.39 is 5.54 Å². The van der Waals surface area contributed by atoms with E-state index in [4.69, 9.17) is 11.6 Å². The molecule has 0 aliphatic carbocycles. The van der Waals surface area contributed by atoms with Crippen molar-refractivity contribution in [3.63, 3.8) is 0 Å². The number of rotatable bonds is 1. The van der Waals surface area contributed by atoms with Gasteiger partial charge in [0.25, 0.3) is 0 Å². The highest BCUT2D eigenvalue weighted by atomic mass is 35.5. The predicted octanol–water partition coefficient (Wildman–Crippen LogP) is 3.44. The van der Waals surface area contributed by atoms with Crippen molar-refractivity contribution in [2.24, 2.45) is 0 Å². The van der Waals surface area contributed by atoms with E-state index >= 15 is 0 Å². The molecule has 1 aliphatic rings. The number of carbonyl (C=O) groups excluding carboxylic acids is 1. The minimum atomic E-state index is -0.698. The van der Waals surface area contributed by atoms with Crippen molar-refractivity contribution < 1.29 is 9.90 Å². The van der Waals surface area contributed by atoms with E-state index in [0.717, 1.165) is 16.8 Å². The summed E-state index contributed by atoms with van der Waals surface area (Å²) in [6.45, 7) is 1.91. The van der Waals surface area contributed by atoms with Gasteiger partial charge in [-0.2, -0.15) is 0 Å². The zero-order chi connectivity index (χ0) is 14.3. The molecule has 1 heterocycles. The number of benzene rings is 2. The van der Waals surface area contributed by atoms with Crippen LogP contribution in [0.4, 0.5) is 10.5 Å². The summed E-state index contributed by atoms with van der Waals surface area (Å²) in [4.78, 5) is 11.9. The molecule has 0 saturated carbocycles. The van der Waals surface area contributed by atoms with Gasteiger partial charge in [0.15, 0.2) is 0 Å². The SMILES string of the molecule is C[C@]1(c2ccc(O)cc2)NC(=O)Nc2ccc(Cl)cc21. The van der Waals surface area contributed by atoms with Crippen molar-refractivity contribution in [1.82, 2.24) is 5.32 Å². The smallest absolute Gasteiger partial charge is 0.320 e. The summed E-state index contributed by atoms with van der Waals surface area (Å²) in [5, 5.41) is 15.7. The van der Waals surface area contributed by atoms with Gasteiger partial charge in [-0.15, -0.1) is 0 Å². The first kappa shape index (κ1) is 12.8. The summed E-state index contributed by atoms with van der Waals surface area (Å²) in [7, 11) is 0. The van der Waals surface area contributed by atoms with E-state index in [-0.39, 0.29) is 11.8 Å². The lowest BCUT2D eigenvalue weighted by Gasteiger charge is -2.37. The molecule has 2 aromatic rings. The molecule has 0 fully saturated rings. The van der Waals surface area contributed by atoms with Crippen LogP contribution in [0.25, 0.3) is 0 Å². The Morgan fingerprint density at radius 1 is 1.15 bits per heavy atom. The third kappa shape index (κ3) is 1.98. The lowest BCUT2D eigenvalue weighted by molar-refractivity contribution is 0.242. The average molecular weight is 289 g/mol. The molecular formula is C15H13ClN2O2. The van der Waals surface area contributed by atoms with E-state index in [2.05, 4.69) is 10.6 Å². The van der Waals surface area contributed by atoms with Gasteiger partial charge in [-0.3, -0.25) is 0 Å². The van der Waals surface area contributed by atoms with Crippen molar-refractivity contribution in [2.45, 2.75) is 12.5 Å². The van der Waals surface area contributed by atoms with Crippen molar-refractivity contribution in [1.29, 1.82) is 0 Å². The number of hydrogen-bond acceptors (Lipinski definition) is 2. The maximum absolute atomic E-state index is 11.9. The maximum atomic E-state index is 11.9. The van der Waals surface area contributed by atoms with Gasteiger partial charge in [-0.1, -0.05) is 23.7 Å². The molecular weight excluding hydrogens is 276 g/mol. The third-order valence-corrected chi connectivity index (χ3v) is 3.81. The fraction of sp³-hybridized carbons (Fsp3) is 0.133. The summed E-state index contributed by atoms with van der Waals surface area (Å²) in [6.07, 6.45) is 0. The summed E-state index contributed by atoms with van der Waals surface area (Å²) in [5.74, 6) is 0.184. The molecule has 2 aromatic carbocycles. The van der Waals surface area contributed by atoms with Gasteiger partial charge in [0.1, 0.15) is 5.75 Å². The average Bonchev–Trinajstić information content (AvgIpc) is 2.40. The van der Waals surface area contributed by atoms with E-state index in [0.29, 0.717) is 5.02 Å². The number of aromatic hydroxyl groups is 1. The second-order valence-corrected chi connectivity index (χ2v) is 5.38. The van der Waals surface area contributed by atoms with Crippen molar-refractivity contribution in [3.05, 3.63) is 58.6 Å². The number of urea groups is 1. The topological polar surface area (TPSA) is 61.4 Å². The van der Waals surface area contributed by atoms with Gasteiger partial charge in [-0.05, 0) is 42.8 Å². The molecule has 0 saturated heterocycles. The highest BCUT2D eigenvalue weighted by molar-refractivity contribution is 6.30. The van der Waals surface area contributed by atoms with Gasteiger partial charge in [0.05, 0.1) is 5.54 Å². The summed E-state index contributed by atoms with van der Waals surface area (Å²) in [5.41, 5.74) is 1.79. The van der Waals surface area contributed by atoms with Gasteiger partial charge in [-0.25, -0.2) is 4.79 Å². The minimum Gasteiger partial charge on any atom is -0.508 e. The monoisotopic (exact) mass is 288 g/mol.